The first-order valence-corrected chi connectivity index (χ1v) is 11.6. The van der Waals surface area contributed by atoms with Crippen LogP contribution in [0.3, 0.4) is 0 Å². The molecule has 1 aliphatic heterocycles. The number of urea groups is 1. The molecule has 1 atom stereocenters. The number of ether oxygens (including phenoxy) is 1. The van der Waals surface area contributed by atoms with E-state index < -0.39 is 0 Å². The molecular formula is C23H29N3O3S. The number of thiophene rings is 1. The minimum absolute atomic E-state index is 0.00735. The van der Waals surface area contributed by atoms with Crippen LogP contribution in [0.5, 0.6) is 5.75 Å². The average molecular weight is 428 g/mol. The second kappa shape index (κ2) is 9.51. The number of carbonyl (C=O) groups excluding carboxylic acids is 2. The molecule has 2 aromatic rings. The number of benzene rings is 1. The van der Waals surface area contributed by atoms with Crippen LogP contribution in [-0.2, 0) is 11.2 Å². The maximum absolute atomic E-state index is 13.3. The Kier molecular flexibility index (Phi) is 6.57. The number of amides is 3. The molecule has 1 aromatic heterocycles. The monoisotopic (exact) mass is 427 g/mol. The first-order valence-electron chi connectivity index (χ1n) is 10.8. The van der Waals surface area contributed by atoms with Crippen LogP contribution in [0.25, 0.3) is 0 Å². The lowest BCUT2D eigenvalue weighted by Gasteiger charge is -2.37. The van der Waals surface area contributed by atoms with Gasteiger partial charge in [0.05, 0.1) is 6.04 Å². The standard InChI is InChI=1S/C23H29N3O3S/c1-2-12-24-23(28)26(17-8-9-17)15-22(27)25-13-10-21-19(11-14-30-21)20(25)16-29-18-6-4-3-5-7-18/h3-7,11,14,17,20H,2,8-10,12-13,15-16H2,1H3,(H,24,28)/t20-/m0/s1. The molecule has 6 nitrogen and oxygen atoms in total. The van der Waals surface area contributed by atoms with E-state index in [2.05, 4.69) is 16.8 Å². The van der Waals surface area contributed by atoms with Crippen LogP contribution in [0.15, 0.2) is 41.8 Å². The molecule has 1 fully saturated rings. The van der Waals surface area contributed by atoms with Gasteiger partial charge in [-0.1, -0.05) is 25.1 Å². The van der Waals surface area contributed by atoms with E-state index in [4.69, 9.17) is 4.74 Å². The number of hydrogen-bond donors (Lipinski definition) is 1. The maximum atomic E-state index is 13.3. The average Bonchev–Trinajstić information content (AvgIpc) is 3.50. The highest BCUT2D eigenvalue weighted by molar-refractivity contribution is 7.10. The number of para-hydroxylation sites is 1. The molecule has 4 rings (SSSR count). The van der Waals surface area contributed by atoms with Gasteiger partial charge in [0.1, 0.15) is 18.9 Å². The Bertz CT molecular complexity index is 866. The van der Waals surface area contributed by atoms with Crippen LogP contribution in [-0.4, -0.2) is 54.0 Å². The second-order valence-electron chi connectivity index (χ2n) is 7.87. The fourth-order valence-corrected chi connectivity index (χ4v) is 4.82. The van der Waals surface area contributed by atoms with Gasteiger partial charge in [-0.15, -0.1) is 11.3 Å². The molecule has 1 aromatic carbocycles. The lowest BCUT2D eigenvalue weighted by molar-refractivity contribution is -0.135. The van der Waals surface area contributed by atoms with Gasteiger partial charge < -0.3 is 19.9 Å². The number of carbonyl (C=O) groups is 2. The predicted molar refractivity (Wildman–Crippen MR) is 118 cm³/mol. The third kappa shape index (κ3) is 4.78. The summed E-state index contributed by atoms with van der Waals surface area (Å²) in [6, 6.07) is 11.7. The molecule has 30 heavy (non-hydrogen) atoms. The van der Waals surface area contributed by atoms with Crippen LogP contribution in [0.4, 0.5) is 4.79 Å². The van der Waals surface area contributed by atoms with Crippen LogP contribution < -0.4 is 10.1 Å². The van der Waals surface area contributed by atoms with Crippen molar-refractivity contribution < 1.29 is 14.3 Å². The molecule has 160 valence electrons. The Labute approximate surface area is 181 Å². The molecule has 0 radical (unpaired) electrons. The van der Waals surface area contributed by atoms with Crippen molar-refractivity contribution in [2.24, 2.45) is 0 Å². The van der Waals surface area contributed by atoms with E-state index in [0.717, 1.165) is 31.4 Å². The van der Waals surface area contributed by atoms with Gasteiger partial charge in [-0.05, 0) is 54.8 Å². The van der Waals surface area contributed by atoms with Gasteiger partial charge in [0.25, 0.3) is 0 Å². The van der Waals surface area contributed by atoms with Gasteiger partial charge in [0.15, 0.2) is 0 Å². The van der Waals surface area contributed by atoms with Gasteiger partial charge in [0, 0.05) is 24.0 Å². The largest absolute Gasteiger partial charge is 0.491 e. The molecule has 0 bridgehead atoms. The molecule has 0 saturated heterocycles. The number of nitrogens with one attached hydrogen (secondary N) is 1. The van der Waals surface area contributed by atoms with Gasteiger partial charge in [-0.3, -0.25) is 4.79 Å². The third-order valence-corrected chi connectivity index (χ3v) is 6.64. The molecule has 1 saturated carbocycles. The number of fused-ring (bicyclic) bond motifs is 1. The summed E-state index contributed by atoms with van der Waals surface area (Å²) in [5.41, 5.74) is 1.17. The van der Waals surface area contributed by atoms with Crippen molar-refractivity contribution >= 4 is 23.3 Å². The number of rotatable bonds is 8. The Balaban J connectivity index is 1.47. The minimum Gasteiger partial charge on any atom is -0.491 e. The predicted octanol–water partition coefficient (Wildman–Crippen LogP) is 3.84. The minimum atomic E-state index is -0.132. The molecule has 0 spiro atoms. The quantitative estimate of drug-likeness (QED) is 0.696. The Morgan fingerprint density at radius 3 is 2.77 bits per heavy atom. The number of nitrogens with zero attached hydrogens (tertiary/aromatic N) is 2. The van der Waals surface area contributed by atoms with Crippen molar-refractivity contribution in [2.75, 3.05) is 26.2 Å². The first-order chi connectivity index (χ1) is 14.7. The van der Waals surface area contributed by atoms with E-state index in [-0.39, 0.29) is 30.6 Å². The van der Waals surface area contributed by atoms with Crippen molar-refractivity contribution in [1.82, 2.24) is 15.1 Å². The lowest BCUT2D eigenvalue weighted by Crippen LogP contribution is -2.50. The van der Waals surface area contributed by atoms with Crippen molar-refractivity contribution in [1.29, 1.82) is 0 Å². The summed E-state index contributed by atoms with van der Waals surface area (Å²) in [7, 11) is 0. The zero-order chi connectivity index (χ0) is 20.9. The van der Waals surface area contributed by atoms with Crippen molar-refractivity contribution in [3.05, 3.63) is 52.2 Å². The van der Waals surface area contributed by atoms with Gasteiger partial charge >= 0.3 is 6.03 Å². The van der Waals surface area contributed by atoms with E-state index in [1.165, 1.54) is 10.4 Å². The molecule has 1 aliphatic carbocycles. The van der Waals surface area contributed by atoms with E-state index in [0.29, 0.717) is 19.7 Å². The highest BCUT2D eigenvalue weighted by atomic mass is 32.1. The number of hydrogen-bond acceptors (Lipinski definition) is 4. The van der Waals surface area contributed by atoms with E-state index in [9.17, 15) is 9.59 Å². The molecule has 0 unspecified atom stereocenters. The van der Waals surface area contributed by atoms with Crippen LogP contribution >= 0.6 is 11.3 Å². The van der Waals surface area contributed by atoms with Crippen molar-refractivity contribution in [3.63, 3.8) is 0 Å². The van der Waals surface area contributed by atoms with Gasteiger partial charge in [-0.25, -0.2) is 4.79 Å². The Hall–Kier alpha value is -2.54. The maximum Gasteiger partial charge on any atom is 0.318 e. The molecule has 1 N–H and O–H groups in total. The molecule has 7 heteroatoms. The summed E-state index contributed by atoms with van der Waals surface area (Å²) in [6.07, 6.45) is 3.68. The Morgan fingerprint density at radius 1 is 1.23 bits per heavy atom. The van der Waals surface area contributed by atoms with Gasteiger partial charge in [-0.2, -0.15) is 0 Å². The normalized spacial score (nSPS) is 17.9. The Morgan fingerprint density at radius 2 is 2.03 bits per heavy atom. The summed E-state index contributed by atoms with van der Waals surface area (Å²) in [5, 5.41) is 5.01. The summed E-state index contributed by atoms with van der Waals surface area (Å²) < 4.78 is 6.04. The lowest BCUT2D eigenvalue weighted by atomic mass is 10.0. The first kappa shape index (κ1) is 20.7. The molecule has 2 aliphatic rings. The van der Waals surface area contributed by atoms with Crippen LogP contribution in [0, 0.1) is 0 Å². The highest BCUT2D eigenvalue weighted by Crippen LogP contribution is 2.34. The SMILES string of the molecule is CCCNC(=O)N(CC(=O)N1CCc2sccc2[C@@H]1COc1ccccc1)C1CC1. The topological polar surface area (TPSA) is 61.9 Å². The van der Waals surface area contributed by atoms with E-state index >= 15 is 0 Å². The second-order valence-corrected chi connectivity index (χ2v) is 8.87. The fourth-order valence-electron chi connectivity index (χ4n) is 3.89. The summed E-state index contributed by atoms with van der Waals surface area (Å²) in [5.74, 6) is 0.790. The van der Waals surface area contributed by atoms with E-state index in [1.54, 1.807) is 16.2 Å². The molecular weight excluding hydrogens is 398 g/mol. The highest BCUT2D eigenvalue weighted by Gasteiger charge is 2.37. The molecule has 2 heterocycles. The zero-order valence-corrected chi connectivity index (χ0v) is 18.2. The van der Waals surface area contributed by atoms with Crippen LogP contribution in [0.2, 0.25) is 0 Å². The fraction of sp³-hybridized carbons (Fsp3) is 0.478. The van der Waals surface area contributed by atoms with Crippen molar-refractivity contribution in [2.45, 2.75) is 44.7 Å². The van der Waals surface area contributed by atoms with Crippen molar-refractivity contribution in [3.8, 4) is 5.75 Å². The summed E-state index contributed by atoms with van der Waals surface area (Å²) in [6.45, 7) is 3.85. The zero-order valence-electron chi connectivity index (χ0n) is 17.4. The van der Waals surface area contributed by atoms with E-state index in [1.807, 2.05) is 42.2 Å². The smallest absolute Gasteiger partial charge is 0.318 e. The summed E-state index contributed by atoms with van der Waals surface area (Å²) >= 11 is 1.74. The van der Waals surface area contributed by atoms with Gasteiger partial charge in [0.2, 0.25) is 5.91 Å². The third-order valence-electron chi connectivity index (χ3n) is 5.65. The summed E-state index contributed by atoms with van der Waals surface area (Å²) in [4.78, 5) is 30.8. The molecule has 3 amide bonds. The van der Waals surface area contributed by atoms with Crippen LogP contribution in [0.1, 0.15) is 42.7 Å².